The fourth-order valence-electron chi connectivity index (χ4n) is 1.69. The Morgan fingerprint density at radius 3 is 2.69 bits per heavy atom. The SMILES string of the molecule is O=C(CCl)N1CC(COc2ccccc2)C1. The van der Waals surface area contributed by atoms with Crippen molar-refractivity contribution in [1.82, 2.24) is 4.90 Å². The van der Waals surface area contributed by atoms with Crippen LogP contribution in [-0.2, 0) is 4.79 Å². The molecule has 0 unspecified atom stereocenters. The van der Waals surface area contributed by atoms with E-state index < -0.39 is 0 Å². The van der Waals surface area contributed by atoms with E-state index in [1.807, 2.05) is 30.3 Å². The van der Waals surface area contributed by atoms with Gasteiger partial charge in [-0.25, -0.2) is 0 Å². The fraction of sp³-hybridized carbons (Fsp3) is 0.417. The van der Waals surface area contributed by atoms with Crippen LogP contribution in [0.1, 0.15) is 0 Å². The molecule has 0 aromatic heterocycles. The third-order valence-electron chi connectivity index (χ3n) is 2.65. The van der Waals surface area contributed by atoms with Crippen molar-refractivity contribution in [3.05, 3.63) is 30.3 Å². The van der Waals surface area contributed by atoms with Crippen LogP contribution < -0.4 is 4.74 Å². The number of carbonyl (C=O) groups excluding carboxylic acids is 1. The molecule has 0 radical (unpaired) electrons. The standard InChI is InChI=1S/C12H14ClNO2/c13-6-12(15)14-7-10(8-14)9-16-11-4-2-1-3-5-11/h1-5,10H,6-9H2. The second-order valence-corrected chi connectivity index (χ2v) is 4.19. The maximum Gasteiger partial charge on any atom is 0.237 e. The Morgan fingerprint density at radius 2 is 2.06 bits per heavy atom. The van der Waals surface area contributed by atoms with E-state index in [9.17, 15) is 4.79 Å². The molecule has 1 aromatic rings. The molecule has 0 N–H and O–H groups in total. The minimum atomic E-state index is 0.0117. The molecule has 1 aromatic carbocycles. The molecule has 0 bridgehead atoms. The number of para-hydroxylation sites is 1. The molecule has 1 aliphatic heterocycles. The molecule has 2 rings (SSSR count). The lowest BCUT2D eigenvalue weighted by molar-refractivity contribution is -0.135. The normalized spacial score (nSPS) is 15.7. The quantitative estimate of drug-likeness (QED) is 0.750. The van der Waals surface area contributed by atoms with Gasteiger partial charge in [-0.05, 0) is 12.1 Å². The molecule has 1 fully saturated rings. The van der Waals surface area contributed by atoms with Gasteiger partial charge in [0.05, 0.1) is 6.61 Å². The van der Waals surface area contributed by atoms with Crippen LogP contribution in [0.5, 0.6) is 5.75 Å². The maximum absolute atomic E-state index is 11.2. The van der Waals surface area contributed by atoms with Crippen LogP contribution in [0.4, 0.5) is 0 Å². The van der Waals surface area contributed by atoms with Crippen molar-refractivity contribution in [1.29, 1.82) is 0 Å². The smallest absolute Gasteiger partial charge is 0.237 e. The number of ether oxygens (including phenoxy) is 1. The summed E-state index contributed by atoms with van der Waals surface area (Å²) < 4.78 is 5.60. The molecule has 86 valence electrons. The zero-order valence-corrected chi connectivity index (χ0v) is 9.69. The van der Waals surface area contributed by atoms with Gasteiger partial charge in [-0.1, -0.05) is 18.2 Å². The Balaban J connectivity index is 1.69. The molecule has 16 heavy (non-hydrogen) atoms. The van der Waals surface area contributed by atoms with Gasteiger partial charge in [0.1, 0.15) is 11.6 Å². The number of halogens is 1. The fourth-order valence-corrected chi connectivity index (χ4v) is 1.86. The summed E-state index contributed by atoms with van der Waals surface area (Å²) in [5.41, 5.74) is 0. The molecule has 1 heterocycles. The Kier molecular flexibility index (Phi) is 3.67. The Labute approximate surface area is 100.0 Å². The molecular weight excluding hydrogens is 226 g/mol. The largest absolute Gasteiger partial charge is 0.493 e. The number of amides is 1. The van der Waals surface area contributed by atoms with E-state index in [1.54, 1.807) is 4.90 Å². The molecule has 0 atom stereocenters. The lowest BCUT2D eigenvalue weighted by Gasteiger charge is -2.38. The summed E-state index contributed by atoms with van der Waals surface area (Å²) in [6.07, 6.45) is 0. The molecule has 3 nitrogen and oxygen atoms in total. The van der Waals surface area contributed by atoms with Gasteiger partial charge < -0.3 is 9.64 Å². The molecule has 1 saturated heterocycles. The Hall–Kier alpha value is -1.22. The molecule has 0 spiro atoms. The van der Waals surface area contributed by atoms with Gasteiger partial charge in [0.25, 0.3) is 0 Å². The zero-order chi connectivity index (χ0) is 11.4. The average Bonchev–Trinajstić information content (AvgIpc) is 2.28. The summed E-state index contributed by atoms with van der Waals surface area (Å²) in [7, 11) is 0. The summed E-state index contributed by atoms with van der Waals surface area (Å²) in [5.74, 6) is 1.40. The first kappa shape index (κ1) is 11.3. The second-order valence-electron chi connectivity index (χ2n) is 3.92. The monoisotopic (exact) mass is 239 g/mol. The third-order valence-corrected chi connectivity index (χ3v) is 2.88. The molecule has 1 aliphatic rings. The molecular formula is C12H14ClNO2. The van der Waals surface area contributed by atoms with Crippen LogP contribution in [0.15, 0.2) is 30.3 Å². The number of carbonyl (C=O) groups is 1. The minimum Gasteiger partial charge on any atom is -0.493 e. The van der Waals surface area contributed by atoms with Crippen LogP contribution in [0.3, 0.4) is 0 Å². The van der Waals surface area contributed by atoms with Gasteiger partial charge in [0.2, 0.25) is 5.91 Å². The average molecular weight is 240 g/mol. The van der Waals surface area contributed by atoms with Crippen molar-refractivity contribution in [2.45, 2.75) is 0 Å². The number of nitrogens with zero attached hydrogens (tertiary/aromatic N) is 1. The molecule has 1 amide bonds. The summed E-state index contributed by atoms with van der Waals surface area (Å²) in [6, 6.07) is 9.71. The van der Waals surface area contributed by atoms with Crippen LogP contribution in [0, 0.1) is 5.92 Å². The predicted molar refractivity (Wildman–Crippen MR) is 62.7 cm³/mol. The molecule has 0 saturated carbocycles. The minimum absolute atomic E-state index is 0.0117. The molecule has 0 aliphatic carbocycles. The van der Waals surface area contributed by atoms with E-state index in [0.717, 1.165) is 18.8 Å². The van der Waals surface area contributed by atoms with Gasteiger partial charge in [0.15, 0.2) is 0 Å². The van der Waals surface area contributed by atoms with Gasteiger partial charge in [-0.3, -0.25) is 4.79 Å². The van der Waals surface area contributed by atoms with Crippen LogP contribution >= 0.6 is 11.6 Å². The summed E-state index contributed by atoms with van der Waals surface area (Å²) >= 11 is 5.46. The van der Waals surface area contributed by atoms with Gasteiger partial charge in [0, 0.05) is 19.0 Å². The number of alkyl halides is 1. The first-order valence-corrected chi connectivity index (χ1v) is 5.84. The van der Waals surface area contributed by atoms with Crippen LogP contribution in [-0.4, -0.2) is 36.4 Å². The highest BCUT2D eigenvalue weighted by Crippen LogP contribution is 2.18. The predicted octanol–water partition coefficient (Wildman–Crippen LogP) is 1.76. The van der Waals surface area contributed by atoms with E-state index in [-0.39, 0.29) is 11.8 Å². The van der Waals surface area contributed by atoms with Crippen LogP contribution in [0.2, 0.25) is 0 Å². The third kappa shape index (κ3) is 2.67. The maximum atomic E-state index is 11.2. The lowest BCUT2D eigenvalue weighted by Crippen LogP contribution is -2.52. The van der Waals surface area contributed by atoms with E-state index >= 15 is 0 Å². The van der Waals surface area contributed by atoms with Gasteiger partial charge in [-0.2, -0.15) is 0 Å². The van der Waals surface area contributed by atoms with Crippen molar-refractivity contribution in [2.75, 3.05) is 25.6 Å². The first-order valence-electron chi connectivity index (χ1n) is 5.31. The van der Waals surface area contributed by atoms with E-state index in [1.165, 1.54) is 0 Å². The number of hydrogen-bond donors (Lipinski definition) is 0. The van der Waals surface area contributed by atoms with Crippen molar-refractivity contribution < 1.29 is 9.53 Å². The Morgan fingerprint density at radius 1 is 1.38 bits per heavy atom. The van der Waals surface area contributed by atoms with E-state index in [4.69, 9.17) is 16.3 Å². The second kappa shape index (κ2) is 5.21. The van der Waals surface area contributed by atoms with Gasteiger partial charge >= 0.3 is 0 Å². The highest BCUT2D eigenvalue weighted by Gasteiger charge is 2.30. The van der Waals surface area contributed by atoms with Crippen molar-refractivity contribution in [3.63, 3.8) is 0 Å². The van der Waals surface area contributed by atoms with E-state index in [0.29, 0.717) is 12.5 Å². The summed E-state index contributed by atoms with van der Waals surface area (Å²) in [5, 5.41) is 0. The highest BCUT2D eigenvalue weighted by atomic mass is 35.5. The molecule has 4 heteroatoms. The first-order chi connectivity index (χ1) is 7.79. The van der Waals surface area contributed by atoms with Crippen molar-refractivity contribution in [3.8, 4) is 5.75 Å². The van der Waals surface area contributed by atoms with Crippen LogP contribution in [0.25, 0.3) is 0 Å². The Bertz CT molecular complexity index is 349. The van der Waals surface area contributed by atoms with Gasteiger partial charge in [-0.15, -0.1) is 11.6 Å². The number of rotatable bonds is 4. The number of hydrogen-bond acceptors (Lipinski definition) is 2. The lowest BCUT2D eigenvalue weighted by atomic mass is 10.0. The summed E-state index contributed by atoms with van der Waals surface area (Å²) in [6.45, 7) is 2.19. The van der Waals surface area contributed by atoms with Crippen molar-refractivity contribution in [2.24, 2.45) is 5.92 Å². The summed E-state index contributed by atoms with van der Waals surface area (Å²) in [4.78, 5) is 12.9. The number of likely N-dealkylation sites (tertiary alicyclic amines) is 1. The highest BCUT2D eigenvalue weighted by molar-refractivity contribution is 6.27. The zero-order valence-electron chi connectivity index (χ0n) is 8.93. The topological polar surface area (TPSA) is 29.5 Å². The number of benzene rings is 1. The van der Waals surface area contributed by atoms with Crippen molar-refractivity contribution >= 4 is 17.5 Å². The van der Waals surface area contributed by atoms with E-state index in [2.05, 4.69) is 0 Å².